The van der Waals surface area contributed by atoms with E-state index in [0.717, 1.165) is 16.6 Å². The fourth-order valence-corrected chi connectivity index (χ4v) is 4.41. The zero-order valence-corrected chi connectivity index (χ0v) is 19.8. The zero-order valence-electron chi connectivity index (χ0n) is 18.9. The van der Waals surface area contributed by atoms with E-state index in [1.807, 2.05) is 68.4 Å². The lowest BCUT2D eigenvalue weighted by atomic mass is 10.2. The first-order valence-electron chi connectivity index (χ1n) is 10.9. The van der Waals surface area contributed by atoms with Crippen LogP contribution < -0.4 is 21.9 Å². The van der Waals surface area contributed by atoms with E-state index in [0.29, 0.717) is 5.16 Å². The van der Waals surface area contributed by atoms with Crippen LogP contribution in [0.4, 0.5) is 11.5 Å². The van der Waals surface area contributed by atoms with Crippen molar-refractivity contribution in [2.45, 2.75) is 25.5 Å². The second-order valence-corrected chi connectivity index (χ2v) is 9.27. The summed E-state index contributed by atoms with van der Waals surface area (Å²) in [5, 5.41) is 0.606. The Bertz CT molecular complexity index is 1390. The van der Waals surface area contributed by atoms with Gasteiger partial charge in [-0.2, -0.15) is 0 Å². The molecule has 9 nitrogen and oxygen atoms in total. The summed E-state index contributed by atoms with van der Waals surface area (Å²) in [6.07, 6.45) is 0. The predicted octanol–water partition coefficient (Wildman–Crippen LogP) is 2.82. The van der Waals surface area contributed by atoms with Crippen LogP contribution in [-0.2, 0) is 11.3 Å². The van der Waals surface area contributed by atoms with Gasteiger partial charge in [0, 0.05) is 6.54 Å². The van der Waals surface area contributed by atoms with Gasteiger partial charge in [-0.25, -0.2) is 9.78 Å². The third-order valence-electron chi connectivity index (χ3n) is 5.22. The highest BCUT2D eigenvalue weighted by Crippen LogP contribution is 2.23. The Labute approximate surface area is 200 Å². The van der Waals surface area contributed by atoms with E-state index in [1.54, 1.807) is 0 Å². The molecule has 0 bridgehead atoms. The molecule has 4 aromatic rings. The molecule has 0 unspecified atom stereocenters. The molecule has 4 N–H and O–H groups in total. The number of aromatic amines is 2. The molecule has 2 heterocycles. The first-order chi connectivity index (χ1) is 16.3. The number of nitrogens with two attached hydrogens (primary N) is 1. The molecule has 0 aliphatic rings. The third kappa shape index (κ3) is 5.07. The second-order valence-electron chi connectivity index (χ2n) is 8.31. The van der Waals surface area contributed by atoms with Gasteiger partial charge in [0.1, 0.15) is 5.82 Å². The number of nitrogens with zero attached hydrogens (tertiary/aromatic N) is 3. The van der Waals surface area contributed by atoms with Gasteiger partial charge in [0.15, 0.2) is 10.8 Å². The number of para-hydroxylation sites is 2. The number of thioether (sulfide) groups is 1. The molecule has 1 amide bonds. The quantitative estimate of drug-likeness (QED) is 0.334. The number of benzene rings is 2. The molecule has 0 spiro atoms. The second kappa shape index (κ2) is 10.0. The molecule has 2 aromatic carbocycles. The molecular formula is C24H26N6O3S. The van der Waals surface area contributed by atoms with Crippen LogP contribution in [0.1, 0.15) is 19.4 Å². The fourth-order valence-electron chi connectivity index (χ4n) is 3.65. The van der Waals surface area contributed by atoms with Crippen molar-refractivity contribution in [2.24, 2.45) is 5.92 Å². The number of carbonyl (C=O) groups excluding carboxylic acids is 1. The lowest BCUT2D eigenvalue weighted by Crippen LogP contribution is -2.43. The van der Waals surface area contributed by atoms with E-state index < -0.39 is 11.2 Å². The van der Waals surface area contributed by atoms with Crippen molar-refractivity contribution < 1.29 is 4.79 Å². The minimum atomic E-state index is -0.686. The Balaban J connectivity index is 1.64. The molecule has 176 valence electrons. The van der Waals surface area contributed by atoms with E-state index in [1.165, 1.54) is 21.2 Å². The number of hydrogen-bond acceptors (Lipinski definition) is 6. The summed E-state index contributed by atoms with van der Waals surface area (Å²) in [5.41, 5.74) is 7.54. The standard InChI is InChI=1S/C24H26N6O3S/c1-15(2)12-29(19(31)14-34-23-26-17-10-6-7-11-18(17)27-23)20-21(25)30(24(33)28-22(20)32)13-16-8-4-3-5-9-16/h3-11,15H,12-14,25H2,1-2H3,(H,26,27)(H,28,32,33). The summed E-state index contributed by atoms with van der Waals surface area (Å²) in [6.45, 7) is 4.33. The van der Waals surface area contributed by atoms with E-state index in [9.17, 15) is 14.4 Å². The predicted molar refractivity (Wildman–Crippen MR) is 135 cm³/mol. The molecule has 0 aliphatic heterocycles. The Morgan fingerprint density at radius 2 is 1.79 bits per heavy atom. The lowest BCUT2D eigenvalue weighted by Gasteiger charge is -2.26. The Morgan fingerprint density at radius 1 is 1.09 bits per heavy atom. The fraction of sp³-hybridized carbons (Fsp3) is 0.250. The maximum atomic E-state index is 13.3. The zero-order chi connectivity index (χ0) is 24.2. The van der Waals surface area contributed by atoms with Crippen LogP contribution in [0.3, 0.4) is 0 Å². The van der Waals surface area contributed by atoms with Crippen LogP contribution in [0.15, 0.2) is 69.3 Å². The number of anilines is 2. The molecule has 0 saturated carbocycles. The van der Waals surface area contributed by atoms with Crippen LogP contribution >= 0.6 is 11.8 Å². The summed E-state index contributed by atoms with van der Waals surface area (Å²) in [7, 11) is 0. The lowest BCUT2D eigenvalue weighted by molar-refractivity contribution is -0.116. The Kier molecular flexibility index (Phi) is 6.87. The normalized spacial score (nSPS) is 11.3. The molecule has 10 heteroatoms. The van der Waals surface area contributed by atoms with Crippen LogP contribution in [0, 0.1) is 5.92 Å². The summed E-state index contributed by atoms with van der Waals surface area (Å²) >= 11 is 1.25. The number of H-pyrrole nitrogens is 2. The average molecular weight is 479 g/mol. The number of amides is 1. The van der Waals surface area contributed by atoms with Crippen molar-refractivity contribution in [1.82, 2.24) is 19.5 Å². The summed E-state index contributed by atoms with van der Waals surface area (Å²) < 4.78 is 1.28. The molecule has 0 atom stereocenters. The van der Waals surface area contributed by atoms with E-state index >= 15 is 0 Å². The monoisotopic (exact) mass is 478 g/mol. The maximum Gasteiger partial charge on any atom is 0.330 e. The highest BCUT2D eigenvalue weighted by atomic mass is 32.2. The molecule has 4 rings (SSSR count). The number of rotatable bonds is 8. The number of hydrogen-bond donors (Lipinski definition) is 3. The smallest absolute Gasteiger partial charge is 0.330 e. The van der Waals surface area contributed by atoms with Crippen LogP contribution in [0.25, 0.3) is 11.0 Å². The van der Waals surface area contributed by atoms with Crippen molar-refractivity contribution in [3.8, 4) is 0 Å². The van der Waals surface area contributed by atoms with Gasteiger partial charge in [-0.05, 0) is 23.6 Å². The number of fused-ring (bicyclic) bond motifs is 1. The molecule has 0 saturated heterocycles. The van der Waals surface area contributed by atoms with Crippen molar-refractivity contribution in [1.29, 1.82) is 0 Å². The van der Waals surface area contributed by atoms with Gasteiger partial charge < -0.3 is 15.6 Å². The topological polar surface area (TPSA) is 130 Å². The first kappa shape index (κ1) is 23.4. The van der Waals surface area contributed by atoms with Crippen molar-refractivity contribution in [3.05, 3.63) is 81.0 Å². The maximum absolute atomic E-state index is 13.3. The van der Waals surface area contributed by atoms with Gasteiger partial charge in [-0.1, -0.05) is 68.1 Å². The number of aromatic nitrogens is 4. The summed E-state index contributed by atoms with van der Waals surface area (Å²) in [5.74, 6) is -0.237. The Hall–Kier alpha value is -3.79. The van der Waals surface area contributed by atoms with Gasteiger partial charge in [0.05, 0.1) is 23.3 Å². The molecular weight excluding hydrogens is 452 g/mol. The van der Waals surface area contributed by atoms with Crippen molar-refractivity contribution in [3.63, 3.8) is 0 Å². The third-order valence-corrected chi connectivity index (χ3v) is 6.07. The minimum absolute atomic E-state index is 0.0144. The molecule has 34 heavy (non-hydrogen) atoms. The van der Waals surface area contributed by atoms with Crippen LogP contribution in [0.2, 0.25) is 0 Å². The van der Waals surface area contributed by atoms with Crippen LogP contribution in [0.5, 0.6) is 0 Å². The highest BCUT2D eigenvalue weighted by Gasteiger charge is 2.25. The van der Waals surface area contributed by atoms with Crippen molar-refractivity contribution >= 4 is 40.2 Å². The minimum Gasteiger partial charge on any atom is -0.383 e. The first-order valence-corrected chi connectivity index (χ1v) is 11.9. The SMILES string of the molecule is CC(C)CN(C(=O)CSc1nc2ccccc2[nH]1)c1c(N)n(Cc2ccccc2)c(=O)[nH]c1=O. The number of carbonyl (C=O) groups is 1. The average Bonchev–Trinajstić information content (AvgIpc) is 3.23. The Morgan fingerprint density at radius 3 is 2.50 bits per heavy atom. The number of nitrogen functional groups attached to an aromatic ring is 1. The van der Waals surface area contributed by atoms with Crippen LogP contribution in [-0.4, -0.2) is 37.7 Å². The van der Waals surface area contributed by atoms with E-state index in [2.05, 4.69) is 15.0 Å². The molecule has 0 fully saturated rings. The van der Waals surface area contributed by atoms with Gasteiger partial charge in [-0.15, -0.1) is 0 Å². The van der Waals surface area contributed by atoms with Crippen molar-refractivity contribution in [2.75, 3.05) is 22.9 Å². The highest BCUT2D eigenvalue weighted by molar-refractivity contribution is 7.99. The molecule has 2 aromatic heterocycles. The summed E-state index contributed by atoms with van der Waals surface area (Å²) in [4.78, 5) is 50.0. The van der Waals surface area contributed by atoms with Gasteiger partial charge in [0.2, 0.25) is 5.91 Å². The van der Waals surface area contributed by atoms with Gasteiger partial charge in [-0.3, -0.25) is 19.1 Å². The van der Waals surface area contributed by atoms with E-state index in [4.69, 9.17) is 5.73 Å². The van der Waals surface area contributed by atoms with E-state index in [-0.39, 0.29) is 42.2 Å². The molecule has 0 aliphatic carbocycles. The number of imidazole rings is 1. The largest absolute Gasteiger partial charge is 0.383 e. The van der Waals surface area contributed by atoms with Gasteiger partial charge >= 0.3 is 5.69 Å². The summed E-state index contributed by atoms with van der Waals surface area (Å²) in [6, 6.07) is 16.9. The molecule has 0 radical (unpaired) electrons. The van der Waals surface area contributed by atoms with Gasteiger partial charge in [0.25, 0.3) is 5.56 Å². The number of nitrogens with one attached hydrogen (secondary N) is 2.